The van der Waals surface area contributed by atoms with E-state index in [0.717, 1.165) is 27.2 Å². The molecule has 0 saturated carbocycles. The number of rotatable bonds is 6. The standard InChI is InChI=1S/C19H16N2O5S/c1-12-4-2-3-5-13(12)10-20-18(22)11-26-19(23)17-9-14-8-15(21(24)25)6-7-16(14)27-17/h2-9H,10-11H2,1H3,(H,20,22). The third kappa shape index (κ3) is 4.48. The Morgan fingerprint density at radius 2 is 1.96 bits per heavy atom. The first-order chi connectivity index (χ1) is 12.9. The van der Waals surface area contributed by atoms with Crippen molar-refractivity contribution < 1.29 is 19.2 Å². The fraction of sp³-hybridized carbons (Fsp3) is 0.158. The molecule has 0 spiro atoms. The summed E-state index contributed by atoms with van der Waals surface area (Å²) < 4.78 is 5.77. The SMILES string of the molecule is Cc1ccccc1CNC(=O)COC(=O)c1cc2cc([N+](=O)[O-])ccc2s1. The third-order valence-corrected chi connectivity index (χ3v) is 5.08. The molecule has 0 aliphatic carbocycles. The van der Waals surface area contributed by atoms with Gasteiger partial charge in [0, 0.05) is 28.8 Å². The number of thiophene rings is 1. The minimum Gasteiger partial charge on any atom is -0.451 e. The Kier molecular flexibility index (Phi) is 5.46. The number of amides is 1. The van der Waals surface area contributed by atoms with Gasteiger partial charge in [-0.2, -0.15) is 0 Å². The number of non-ortho nitro benzene ring substituents is 1. The molecule has 0 fully saturated rings. The van der Waals surface area contributed by atoms with Crippen LogP contribution in [0.1, 0.15) is 20.8 Å². The molecule has 0 atom stereocenters. The van der Waals surface area contributed by atoms with E-state index in [2.05, 4.69) is 5.32 Å². The molecule has 1 N–H and O–H groups in total. The molecule has 27 heavy (non-hydrogen) atoms. The normalized spacial score (nSPS) is 10.6. The number of nitrogens with zero attached hydrogens (tertiary/aromatic N) is 1. The van der Waals surface area contributed by atoms with E-state index in [0.29, 0.717) is 11.9 Å². The topological polar surface area (TPSA) is 98.5 Å². The van der Waals surface area contributed by atoms with Gasteiger partial charge in [-0.05, 0) is 30.2 Å². The van der Waals surface area contributed by atoms with E-state index in [1.165, 1.54) is 18.2 Å². The monoisotopic (exact) mass is 384 g/mol. The lowest BCUT2D eigenvalue weighted by Gasteiger charge is -2.08. The first kappa shape index (κ1) is 18.5. The van der Waals surface area contributed by atoms with E-state index < -0.39 is 16.8 Å². The van der Waals surface area contributed by atoms with Crippen molar-refractivity contribution in [3.05, 3.63) is 74.6 Å². The first-order valence-corrected chi connectivity index (χ1v) is 8.92. The van der Waals surface area contributed by atoms with E-state index in [9.17, 15) is 19.7 Å². The maximum Gasteiger partial charge on any atom is 0.348 e. The Labute approximate surface area is 158 Å². The number of esters is 1. The lowest BCUT2D eigenvalue weighted by atomic mass is 10.1. The zero-order valence-corrected chi connectivity index (χ0v) is 15.2. The Bertz CT molecular complexity index is 1030. The summed E-state index contributed by atoms with van der Waals surface area (Å²) in [4.78, 5) is 34.7. The van der Waals surface area contributed by atoms with Crippen molar-refractivity contribution in [2.75, 3.05) is 6.61 Å². The number of nitro benzene ring substituents is 1. The molecule has 0 bridgehead atoms. The largest absolute Gasteiger partial charge is 0.451 e. The third-order valence-electron chi connectivity index (χ3n) is 3.98. The summed E-state index contributed by atoms with van der Waals surface area (Å²) in [7, 11) is 0. The lowest BCUT2D eigenvalue weighted by Crippen LogP contribution is -2.28. The number of hydrogen-bond acceptors (Lipinski definition) is 6. The zero-order valence-electron chi connectivity index (χ0n) is 14.4. The van der Waals surface area contributed by atoms with E-state index >= 15 is 0 Å². The molecule has 0 aliphatic heterocycles. The van der Waals surface area contributed by atoms with Crippen molar-refractivity contribution >= 4 is 39.0 Å². The number of carbonyl (C=O) groups is 2. The van der Waals surface area contributed by atoms with Gasteiger partial charge < -0.3 is 10.1 Å². The highest BCUT2D eigenvalue weighted by Crippen LogP contribution is 2.29. The van der Waals surface area contributed by atoms with Crippen molar-refractivity contribution in [2.24, 2.45) is 0 Å². The molecule has 0 radical (unpaired) electrons. The van der Waals surface area contributed by atoms with Crippen LogP contribution in [0.5, 0.6) is 0 Å². The van der Waals surface area contributed by atoms with E-state index in [1.807, 2.05) is 31.2 Å². The Morgan fingerprint density at radius 1 is 1.19 bits per heavy atom. The molecule has 3 aromatic rings. The van der Waals surface area contributed by atoms with Gasteiger partial charge in [0.25, 0.3) is 11.6 Å². The molecule has 1 aromatic heterocycles. The highest BCUT2D eigenvalue weighted by molar-refractivity contribution is 7.20. The molecule has 0 unspecified atom stereocenters. The second-order valence-electron chi connectivity index (χ2n) is 5.87. The maximum absolute atomic E-state index is 12.1. The summed E-state index contributed by atoms with van der Waals surface area (Å²) in [5.74, 6) is -1.03. The second kappa shape index (κ2) is 7.96. The predicted molar refractivity (Wildman–Crippen MR) is 102 cm³/mol. The molecule has 3 rings (SSSR count). The van der Waals surface area contributed by atoms with Crippen LogP contribution in [-0.4, -0.2) is 23.4 Å². The van der Waals surface area contributed by atoms with Crippen LogP contribution in [0.25, 0.3) is 10.1 Å². The highest BCUT2D eigenvalue weighted by Gasteiger charge is 2.15. The Morgan fingerprint density at radius 3 is 2.70 bits per heavy atom. The fourth-order valence-electron chi connectivity index (χ4n) is 2.50. The molecule has 0 saturated heterocycles. The van der Waals surface area contributed by atoms with Crippen LogP contribution in [0.3, 0.4) is 0 Å². The van der Waals surface area contributed by atoms with Crippen LogP contribution in [0.2, 0.25) is 0 Å². The summed E-state index contributed by atoms with van der Waals surface area (Å²) in [6.07, 6.45) is 0. The van der Waals surface area contributed by atoms with Crippen LogP contribution in [-0.2, 0) is 16.1 Å². The maximum atomic E-state index is 12.1. The molecule has 1 amide bonds. The van der Waals surface area contributed by atoms with Gasteiger partial charge in [0.15, 0.2) is 6.61 Å². The van der Waals surface area contributed by atoms with E-state index in [4.69, 9.17) is 4.74 Å². The van der Waals surface area contributed by atoms with Crippen molar-refractivity contribution in [3.63, 3.8) is 0 Å². The van der Waals surface area contributed by atoms with Gasteiger partial charge in [-0.1, -0.05) is 24.3 Å². The fourth-order valence-corrected chi connectivity index (χ4v) is 3.44. The van der Waals surface area contributed by atoms with Crippen LogP contribution >= 0.6 is 11.3 Å². The summed E-state index contributed by atoms with van der Waals surface area (Å²) in [5.41, 5.74) is 2.01. The van der Waals surface area contributed by atoms with Crippen molar-refractivity contribution in [1.82, 2.24) is 5.32 Å². The molecular weight excluding hydrogens is 368 g/mol. The minimum absolute atomic E-state index is 0.0456. The van der Waals surface area contributed by atoms with Gasteiger partial charge in [-0.25, -0.2) is 4.79 Å². The van der Waals surface area contributed by atoms with E-state index in [1.54, 1.807) is 6.07 Å². The second-order valence-corrected chi connectivity index (χ2v) is 6.95. The summed E-state index contributed by atoms with van der Waals surface area (Å²) in [6.45, 7) is 1.92. The van der Waals surface area contributed by atoms with Gasteiger partial charge in [0.2, 0.25) is 0 Å². The van der Waals surface area contributed by atoms with Gasteiger partial charge in [0.05, 0.1) is 4.92 Å². The number of nitro groups is 1. The van der Waals surface area contributed by atoms with Crippen molar-refractivity contribution in [1.29, 1.82) is 0 Å². The number of carbonyl (C=O) groups excluding carboxylic acids is 2. The number of aryl methyl sites for hydroxylation is 1. The molecule has 8 heteroatoms. The van der Waals surface area contributed by atoms with Crippen LogP contribution in [0.15, 0.2) is 48.5 Å². The number of hydrogen-bond donors (Lipinski definition) is 1. The highest BCUT2D eigenvalue weighted by atomic mass is 32.1. The Hall–Kier alpha value is -3.26. The molecule has 1 heterocycles. The quantitative estimate of drug-likeness (QED) is 0.398. The summed E-state index contributed by atoms with van der Waals surface area (Å²) in [5, 5.41) is 14.1. The first-order valence-electron chi connectivity index (χ1n) is 8.10. The van der Waals surface area contributed by atoms with Gasteiger partial charge in [-0.3, -0.25) is 14.9 Å². The summed E-state index contributed by atoms with van der Waals surface area (Å²) >= 11 is 1.16. The van der Waals surface area contributed by atoms with Crippen molar-refractivity contribution in [2.45, 2.75) is 13.5 Å². The van der Waals surface area contributed by atoms with Crippen LogP contribution in [0.4, 0.5) is 5.69 Å². The average molecular weight is 384 g/mol. The smallest absolute Gasteiger partial charge is 0.348 e. The molecule has 7 nitrogen and oxygen atoms in total. The van der Waals surface area contributed by atoms with Gasteiger partial charge >= 0.3 is 5.97 Å². The zero-order chi connectivity index (χ0) is 19.4. The number of benzene rings is 2. The van der Waals surface area contributed by atoms with Gasteiger partial charge in [-0.15, -0.1) is 11.3 Å². The van der Waals surface area contributed by atoms with Gasteiger partial charge in [0.1, 0.15) is 4.88 Å². The minimum atomic E-state index is -0.634. The summed E-state index contributed by atoms with van der Waals surface area (Å²) in [6, 6.07) is 13.6. The Balaban J connectivity index is 1.57. The van der Waals surface area contributed by atoms with E-state index in [-0.39, 0.29) is 17.2 Å². The molecule has 0 aliphatic rings. The number of ether oxygens (including phenoxy) is 1. The number of nitrogens with one attached hydrogen (secondary N) is 1. The average Bonchev–Trinajstić information content (AvgIpc) is 3.08. The molecule has 2 aromatic carbocycles. The van der Waals surface area contributed by atoms with Crippen molar-refractivity contribution in [3.8, 4) is 0 Å². The number of fused-ring (bicyclic) bond motifs is 1. The predicted octanol–water partition coefficient (Wildman–Crippen LogP) is 3.59. The van der Waals surface area contributed by atoms with Crippen LogP contribution < -0.4 is 5.32 Å². The lowest BCUT2D eigenvalue weighted by molar-refractivity contribution is -0.384. The molecular formula is C19H16N2O5S. The van der Waals surface area contributed by atoms with Crippen LogP contribution in [0, 0.1) is 17.0 Å². The molecule has 138 valence electrons.